The van der Waals surface area contributed by atoms with E-state index in [1.165, 1.54) is 0 Å². The summed E-state index contributed by atoms with van der Waals surface area (Å²) in [6.07, 6.45) is 1.92. The number of aromatic nitrogens is 1. The van der Waals surface area contributed by atoms with Crippen LogP contribution in [0.4, 0.5) is 0 Å². The fourth-order valence-electron chi connectivity index (χ4n) is 4.60. The van der Waals surface area contributed by atoms with E-state index < -0.39 is 23.5 Å². The number of hydrogen-bond acceptors (Lipinski definition) is 5. The normalized spacial score (nSPS) is 16.6. The molecule has 5 rings (SSSR count). The maximum Gasteiger partial charge on any atom is 0.290 e. The molecule has 7 nitrogen and oxygen atoms in total. The van der Waals surface area contributed by atoms with Gasteiger partial charge in [0.2, 0.25) is 5.78 Å². The van der Waals surface area contributed by atoms with Crippen molar-refractivity contribution < 1.29 is 19.1 Å². The number of hydrogen-bond donors (Lipinski definition) is 1. The van der Waals surface area contributed by atoms with E-state index >= 15 is 0 Å². The molecule has 1 unspecified atom stereocenters. The number of aliphatic hydroxyl groups is 1. The van der Waals surface area contributed by atoms with Crippen molar-refractivity contribution in [3.8, 4) is 0 Å². The zero-order valence-electron chi connectivity index (χ0n) is 19.1. The number of ketones is 1. The molecule has 2 aromatic heterocycles. The summed E-state index contributed by atoms with van der Waals surface area (Å²) >= 11 is 3.43. The van der Waals surface area contributed by atoms with Crippen molar-refractivity contribution >= 4 is 49.5 Å². The zero-order valence-corrected chi connectivity index (χ0v) is 20.7. The van der Waals surface area contributed by atoms with Gasteiger partial charge in [0, 0.05) is 52.7 Å². The number of rotatable bonds is 6. The highest BCUT2D eigenvalue weighted by molar-refractivity contribution is 9.10. The van der Waals surface area contributed by atoms with Crippen LogP contribution in [0.15, 0.2) is 74.9 Å². The van der Waals surface area contributed by atoms with Crippen molar-refractivity contribution in [1.82, 2.24) is 14.4 Å². The number of likely N-dealkylation sites (N-methyl/N-ethyl adjacent to an activating group) is 1. The molecule has 1 aliphatic rings. The van der Waals surface area contributed by atoms with Crippen LogP contribution in [0, 0.1) is 0 Å². The number of carbonyl (C=O) groups is 2. The number of aliphatic hydroxyl groups excluding tert-OH is 1. The average molecular weight is 522 g/mol. The van der Waals surface area contributed by atoms with Gasteiger partial charge in [-0.3, -0.25) is 9.59 Å². The van der Waals surface area contributed by atoms with E-state index in [9.17, 15) is 14.7 Å². The lowest BCUT2D eigenvalue weighted by Crippen LogP contribution is -2.36. The Morgan fingerprint density at radius 3 is 2.71 bits per heavy atom. The van der Waals surface area contributed by atoms with Crippen LogP contribution in [0.1, 0.15) is 22.2 Å². The van der Waals surface area contributed by atoms with Crippen molar-refractivity contribution in [3.63, 3.8) is 0 Å². The van der Waals surface area contributed by atoms with E-state index in [0.717, 1.165) is 26.3 Å². The number of para-hydroxylation sites is 1. The smallest absolute Gasteiger partial charge is 0.290 e. The van der Waals surface area contributed by atoms with Gasteiger partial charge in [-0.25, -0.2) is 0 Å². The Balaban J connectivity index is 1.66. The minimum Gasteiger partial charge on any atom is -0.503 e. The van der Waals surface area contributed by atoms with E-state index in [-0.39, 0.29) is 11.3 Å². The Morgan fingerprint density at radius 2 is 1.94 bits per heavy atom. The largest absolute Gasteiger partial charge is 0.503 e. The number of Topliss-reactive ketones (excluding diaryl/α,β-unsaturated/α-hetero) is 1. The van der Waals surface area contributed by atoms with E-state index in [1.54, 1.807) is 17.0 Å². The molecule has 4 aromatic rings. The number of fused-ring (bicyclic) bond motifs is 2. The number of furan rings is 1. The highest BCUT2D eigenvalue weighted by Gasteiger charge is 2.45. The summed E-state index contributed by atoms with van der Waals surface area (Å²) in [5, 5.41) is 12.6. The molecular formula is C26H24BrN3O4. The van der Waals surface area contributed by atoms with Crippen molar-refractivity contribution in [2.75, 3.05) is 27.2 Å². The fourth-order valence-corrected chi connectivity index (χ4v) is 4.98. The van der Waals surface area contributed by atoms with Crippen molar-refractivity contribution in [1.29, 1.82) is 0 Å². The molecule has 0 saturated heterocycles. The molecule has 0 saturated carbocycles. The molecule has 8 heteroatoms. The molecule has 174 valence electrons. The predicted molar refractivity (Wildman–Crippen MR) is 134 cm³/mol. The van der Waals surface area contributed by atoms with E-state index in [2.05, 4.69) is 15.9 Å². The first kappa shape index (κ1) is 22.4. The van der Waals surface area contributed by atoms with Crippen LogP contribution in [-0.2, 0) is 11.8 Å². The fraction of sp³-hybridized carbons (Fsp3) is 0.231. The maximum atomic E-state index is 13.7. The second-order valence-electron chi connectivity index (χ2n) is 8.80. The molecule has 1 amide bonds. The standard InChI is InChI=1S/C26H24BrN3O4/c1-28(2)10-11-30-23(18-14-29(3)19-7-5-4-6-17(18)19)22(25(32)26(30)33)24(31)21-13-15-12-16(27)8-9-20(15)34-21/h4-9,12-14,23,32H,10-11H2,1-3H3. The molecule has 1 aliphatic heterocycles. The first-order chi connectivity index (χ1) is 16.3. The van der Waals surface area contributed by atoms with Crippen molar-refractivity contribution in [3.05, 3.63) is 81.9 Å². The monoisotopic (exact) mass is 521 g/mol. The van der Waals surface area contributed by atoms with Crippen LogP contribution in [0.5, 0.6) is 0 Å². The molecule has 3 heterocycles. The van der Waals surface area contributed by atoms with Gasteiger partial charge in [0.1, 0.15) is 5.58 Å². The van der Waals surface area contributed by atoms with Crippen LogP contribution < -0.4 is 0 Å². The summed E-state index contributed by atoms with van der Waals surface area (Å²) in [5.41, 5.74) is 2.36. The predicted octanol–water partition coefficient (Wildman–Crippen LogP) is 4.83. The summed E-state index contributed by atoms with van der Waals surface area (Å²) in [5.74, 6) is -1.49. The van der Waals surface area contributed by atoms with Gasteiger partial charge >= 0.3 is 0 Å². The van der Waals surface area contributed by atoms with Crippen molar-refractivity contribution in [2.45, 2.75) is 6.04 Å². The lowest BCUT2D eigenvalue weighted by molar-refractivity contribution is -0.129. The van der Waals surface area contributed by atoms with E-state index in [4.69, 9.17) is 4.42 Å². The van der Waals surface area contributed by atoms with Crippen LogP contribution >= 0.6 is 15.9 Å². The average Bonchev–Trinajstić information content (AvgIpc) is 3.45. The third-order valence-corrected chi connectivity index (χ3v) is 6.75. The number of carbonyl (C=O) groups excluding carboxylic acids is 2. The molecule has 0 aliphatic carbocycles. The molecule has 0 radical (unpaired) electrons. The molecule has 0 fully saturated rings. The lowest BCUT2D eigenvalue weighted by Gasteiger charge is -2.27. The summed E-state index contributed by atoms with van der Waals surface area (Å²) in [4.78, 5) is 30.5. The topological polar surface area (TPSA) is 78.9 Å². The Labute approximate surface area is 205 Å². The Bertz CT molecular complexity index is 1480. The first-order valence-corrected chi connectivity index (χ1v) is 11.7. The van der Waals surface area contributed by atoms with Gasteiger partial charge in [0.25, 0.3) is 5.91 Å². The van der Waals surface area contributed by atoms with Crippen molar-refractivity contribution in [2.24, 2.45) is 7.05 Å². The molecular weight excluding hydrogens is 498 g/mol. The molecule has 1 atom stereocenters. The molecule has 0 bridgehead atoms. The highest BCUT2D eigenvalue weighted by Crippen LogP contribution is 2.42. The lowest BCUT2D eigenvalue weighted by atomic mass is 9.94. The minimum atomic E-state index is -0.731. The molecule has 0 spiro atoms. The van der Waals surface area contributed by atoms with Crippen LogP contribution in [0.2, 0.25) is 0 Å². The summed E-state index contributed by atoms with van der Waals surface area (Å²) in [6.45, 7) is 0.939. The number of nitrogens with zero attached hydrogens (tertiary/aromatic N) is 3. The SMILES string of the molecule is CN(C)CCN1C(=O)C(O)=C(C(=O)c2cc3cc(Br)ccc3o2)C1c1cn(C)c2ccccc12. The van der Waals surface area contributed by atoms with E-state index in [0.29, 0.717) is 18.7 Å². The Hall–Kier alpha value is -3.36. The van der Waals surface area contributed by atoms with Gasteiger partial charge in [-0.15, -0.1) is 0 Å². The quantitative estimate of drug-likeness (QED) is 0.367. The number of aryl methyl sites for hydroxylation is 1. The highest BCUT2D eigenvalue weighted by atomic mass is 79.9. The zero-order chi connectivity index (χ0) is 24.1. The van der Waals surface area contributed by atoms with Crippen LogP contribution in [-0.4, -0.2) is 58.3 Å². The Kier molecular flexibility index (Phi) is 5.58. The summed E-state index contributed by atoms with van der Waals surface area (Å²) in [7, 11) is 5.76. The summed E-state index contributed by atoms with van der Waals surface area (Å²) < 4.78 is 8.66. The van der Waals surface area contributed by atoms with Gasteiger partial charge < -0.3 is 23.9 Å². The third kappa shape index (κ3) is 3.63. The molecule has 1 N–H and O–H groups in total. The Morgan fingerprint density at radius 1 is 1.18 bits per heavy atom. The van der Waals surface area contributed by atoms with Crippen LogP contribution in [0.3, 0.4) is 0 Å². The number of halogens is 1. The first-order valence-electron chi connectivity index (χ1n) is 10.9. The minimum absolute atomic E-state index is 0.0400. The van der Waals surface area contributed by atoms with Gasteiger partial charge in [0.15, 0.2) is 11.5 Å². The van der Waals surface area contributed by atoms with Gasteiger partial charge in [-0.05, 0) is 44.4 Å². The number of benzene rings is 2. The van der Waals surface area contributed by atoms with Crippen LogP contribution in [0.25, 0.3) is 21.9 Å². The molecule has 2 aromatic carbocycles. The van der Waals surface area contributed by atoms with Gasteiger partial charge in [-0.1, -0.05) is 34.1 Å². The number of amides is 1. The maximum absolute atomic E-state index is 13.7. The van der Waals surface area contributed by atoms with Gasteiger partial charge in [-0.2, -0.15) is 0 Å². The third-order valence-electron chi connectivity index (χ3n) is 6.26. The summed E-state index contributed by atoms with van der Waals surface area (Å²) in [6, 6.07) is 14.2. The van der Waals surface area contributed by atoms with E-state index in [1.807, 2.05) is 73.2 Å². The second-order valence-corrected chi connectivity index (χ2v) is 9.72. The second kappa shape index (κ2) is 8.45. The molecule has 34 heavy (non-hydrogen) atoms. The van der Waals surface area contributed by atoms with Gasteiger partial charge in [0.05, 0.1) is 11.6 Å².